The molecule has 0 aliphatic carbocycles. The van der Waals surface area contributed by atoms with E-state index in [2.05, 4.69) is 48.0 Å². The molecule has 0 bridgehead atoms. The Morgan fingerprint density at radius 3 is 2.17 bits per heavy atom. The Labute approximate surface area is 239 Å². The smallest absolute Gasteiger partial charge is 0.253 e. The lowest BCUT2D eigenvalue weighted by molar-refractivity contribution is 0.0755. The zero-order valence-electron chi connectivity index (χ0n) is 24.3. The third kappa shape index (κ3) is 9.21. The molecule has 7 heteroatoms. The molecule has 0 saturated heterocycles. The molecule has 3 aromatic rings. The molecule has 0 fully saturated rings. The van der Waals surface area contributed by atoms with Crippen LogP contribution >= 0.6 is 0 Å². The van der Waals surface area contributed by atoms with E-state index in [-0.39, 0.29) is 23.9 Å². The highest BCUT2D eigenvalue weighted by Gasteiger charge is 2.24. The number of nitrogens with zero attached hydrogens (tertiary/aromatic N) is 1. The number of likely N-dealkylation sites (N-methyl/N-ethyl adjacent to an activating group) is 1. The van der Waals surface area contributed by atoms with Gasteiger partial charge in [-0.1, -0.05) is 62.4 Å². The average molecular weight is 545 g/mol. The summed E-state index contributed by atoms with van der Waals surface area (Å²) in [5, 5.41) is 10.2. The zero-order chi connectivity index (χ0) is 28.7. The van der Waals surface area contributed by atoms with Crippen molar-refractivity contribution in [3.8, 4) is 5.75 Å². The van der Waals surface area contributed by atoms with Crippen LogP contribution in [0, 0.1) is 0 Å². The number of hydrogen-bond acceptors (Lipinski definition) is 5. The second-order valence-corrected chi connectivity index (χ2v) is 10.0. The molecule has 3 aromatic carbocycles. The predicted octanol–water partition coefficient (Wildman–Crippen LogP) is 4.68. The van der Waals surface area contributed by atoms with Gasteiger partial charge in [0.25, 0.3) is 11.8 Å². The van der Waals surface area contributed by atoms with Gasteiger partial charge in [-0.3, -0.25) is 9.59 Å². The van der Waals surface area contributed by atoms with Crippen LogP contribution in [-0.4, -0.2) is 62.6 Å². The first-order chi connectivity index (χ1) is 19.5. The fraction of sp³-hybridized carbons (Fsp3) is 0.394. The van der Waals surface area contributed by atoms with Gasteiger partial charge in [-0.25, -0.2) is 0 Å². The van der Waals surface area contributed by atoms with Gasteiger partial charge in [-0.05, 0) is 67.8 Å². The van der Waals surface area contributed by atoms with E-state index in [0.29, 0.717) is 43.7 Å². The maximum absolute atomic E-state index is 13.5. The lowest BCUT2D eigenvalue weighted by Gasteiger charge is -2.29. The Morgan fingerprint density at radius 2 is 1.50 bits per heavy atom. The summed E-state index contributed by atoms with van der Waals surface area (Å²) in [5.74, 6) is 0.599. The number of methoxy groups -OCH3 is 1. The molecule has 40 heavy (non-hydrogen) atoms. The molecule has 2 atom stereocenters. The second kappa shape index (κ2) is 16.4. The van der Waals surface area contributed by atoms with Crippen molar-refractivity contribution < 1.29 is 14.3 Å². The minimum absolute atomic E-state index is 0.0333. The molecule has 0 aliphatic rings. The van der Waals surface area contributed by atoms with Crippen molar-refractivity contribution in [1.82, 2.24) is 20.9 Å². The second-order valence-electron chi connectivity index (χ2n) is 10.0. The van der Waals surface area contributed by atoms with E-state index < -0.39 is 0 Å². The first-order valence-electron chi connectivity index (χ1n) is 14.2. The highest BCUT2D eigenvalue weighted by atomic mass is 16.5. The van der Waals surface area contributed by atoms with Crippen molar-refractivity contribution in [3.63, 3.8) is 0 Å². The molecule has 1 unspecified atom stereocenters. The molecular weight excluding hydrogens is 500 g/mol. The molecular formula is C33H44N4O3. The molecule has 0 spiro atoms. The molecule has 3 N–H and O–H groups in total. The number of benzene rings is 3. The van der Waals surface area contributed by atoms with E-state index in [1.54, 1.807) is 31.4 Å². The van der Waals surface area contributed by atoms with Crippen LogP contribution in [0.3, 0.4) is 0 Å². The van der Waals surface area contributed by atoms with Crippen LogP contribution in [0.4, 0.5) is 0 Å². The molecule has 0 heterocycles. The van der Waals surface area contributed by atoms with E-state index in [0.717, 1.165) is 29.7 Å². The Bertz CT molecular complexity index is 1200. The lowest BCUT2D eigenvalue weighted by Crippen LogP contribution is -2.54. The fourth-order valence-corrected chi connectivity index (χ4v) is 4.84. The van der Waals surface area contributed by atoms with E-state index in [9.17, 15) is 9.59 Å². The zero-order valence-corrected chi connectivity index (χ0v) is 24.3. The summed E-state index contributed by atoms with van der Waals surface area (Å²) in [4.78, 5) is 28.6. The van der Waals surface area contributed by atoms with E-state index in [1.807, 2.05) is 48.3 Å². The highest BCUT2D eigenvalue weighted by molar-refractivity contribution is 5.99. The topological polar surface area (TPSA) is 82.7 Å². The predicted molar refractivity (Wildman–Crippen MR) is 162 cm³/mol. The van der Waals surface area contributed by atoms with Crippen LogP contribution in [0.5, 0.6) is 5.75 Å². The van der Waals surface area contributed by atoms with Gasteiger partial charge in [0, 0.05) is 49.4 Å². The van der Waals surface area contributed by atoms with Gasteiger partial charge in [-0.2, -0.15) is 0 Å². The van der Waals surface area contributed by atoms with Gasteiger partial charge >= 0.3 is 0 Å². The fourth-order valence-electron chi connectivity index (χ4n) is 4.84. The summed E-state index contributed by atoms with van der Waals surface area (Å²) in [6, 6.07) is 25.0. The van der Waals surface area contributed by atoms with Crippen LogP contribution < -0.4 is 20.7 Å². The van der Waals surface area contributed by atoms with Crippen molar-refractivity contribution in [1.29, 1.82) is 0 Å². The van der Waals surface area contributed by atoms with Crippen LogP contribution in [0.1, 0.15) is 58.5 Å². The SMILES string of the molecule is CCCN(CCC)C(=O)c1cccc(C(=O)N[C@@H](Cc2ccccc2)C(CNCc2cccc(OC)c2)NC)c1. The number of nitrogens with one attached hydrogen (secondary N) is 3. The highest BCUT2D eigenvalue weighted by Crippen LogP contribution is 2.14. The molecule has 2 amide bonds. The third-order valence-electron chi connectivity index (χ3n) is 6.94. The summed E-state index contributed by atoms with van der Waals surface area (Å²) in [7, 11) is 3.58. The monoisotopic (exact) mass is 544 g/mol. The Hall–Kier alpha value is -3.68. The summed E-state index contributed by atoms with van der Waals surface area (Å²) in [6.45, 7) is 6.86. The first kappa shape index (κ1) is 30.9. The number of carbonyl (C=O) groups is 2. The minimum atomic E-state index is -0.193. The molecule has 0 aliphatic heterocycles. The number of hydrogen-bond donors (Lipinski definition) is 3. The van der Waals surface area contributed by atoms with Crippen molar-refractivity contribution in [2.75, 3.05) is 33.8 Å². The van der Waals surface area contributed by atoms with E-state index in [4.69, 9.17) is 4.74 Å². The molecule has 0 saturated carbocycles. The van der Waals surface area contributed by atoms with Crippen LogP contribution in [0.25, 0.3) is 0 Å². The van der Waals surface area contributed by atoms with Gasteiger partial charge in [0.1, 0.15) is 5.75 Å². The van der Waals surface area contributed by atoms with Crippen molar-refractivity contribution in [2.24, 2.45) is 0 Å². The molecule has 0 radical (unpaired) electrons. The van der Waals surface area contributed by atoms with Gasteiger partial charge in [0.05, 0.1) is 7.11 Å². The first-order valence-corrected chi connectivity index (χ1v) is 14.2. The van der Waals surface area contributed by atoms with Crippen LogP contribution in [0.2, 0.25) is 0 Å². The Kier molecular flexibility index (Phi) is 12.7. The largest absolute Gasteiger partial charge is 0.497 e. The molecule has 3 rings (SSSR count). The van der Waals surface area contributed by atoms with Crippen molar-refractivity contribution >= 4 is 11.8 Å². The summed E-state index contributed by atoms with van der Waals surface area (Å²) >= 11 is 0. The molecule has 7 nitrogen and oxygen atoms in total. The van der Waals surface area contributed by atoms with Gasteiger partial charge in [0.2, 0.25) is 0 Å². The Morgan fingerprint density at radius 1 is 0.825 bits per heavy atom. The standard InChI is InChI=1S/C33H44N4O3/c1-5-18-37(19-6-2)33(39)28-16-11-15-27(22-28)32(38)36-30(21-25-12-8-7-9-13-25)31(34-3)24-35-23-26-14-10-17-29(20-26)40-4/h7-17,20,22,30-31,34-35H,5-6,18-19,21,23-24H2,1-4H3,(H,36,38)/t30-,31?/m0/s1. The maximum atomic E-state index is 13.5. The number of amides is 2. The van der Waals surface area contributed by atoms with Crippen LogP contribution in [0.15, 0.2) is 78.9 Å². The number of rotatable bonds is 16. The van der Waals surface area contributed by atoms with E-state index in [1.165, 1.54) is 0 Å². The maximum Gasteiger partial charge on any atom is 0.253 e. The lowest BCUT2D eigenvalue weighted by atomic mass is 9.98. The summed E-state index contributed by atoms with van der Waals surface area (Å²) in [6.07, 6.45) is 2.45. The quantitative estimate of drug-likeness (QED) is 0.244. The normalized spacial score (nSPS) is 12.4. The third-order valence-corrected chi connectivity index (χ3v) is 6.94. The summed E-state index contributed by atoms with van der Waals surface area (Å²) < 4.78 is 5.34. The Balaban J connectivity index is 1.75. The van der Waals surface area contributed by atoms with Gasteiger partial charge in [0.15, 0.2) is 0 Å². The van der Waals surface area contributed by atoms with E-state index >= 15 is 0 Å². The number of ether oxygens (including phenoxy) is 1. The molecule has 0 aromatic heterocycles. The summed E-state index contributed by atoms with van der Waals surface area (Å²) in [5.41, 5.74) is 3.29. The van der Waals surface area contributed by atoms with Crippen molar-refractivity contribution in [3.05, 3.63) is 101 Å². The van der Waals surface area contributed by atoms with Gasteiger partial charge in [-0.15, -0.1) is 0 Å². The average Bonchev–Trinajstić information content (AvgIpc) is 2.99. The van der Waals surface area contributed by atoms with Crippen LogP contribution in [-0.2, 0) is 13.0 Å². The van der Waals surface area contributed by atoms with Gasteiger partial charge < -0.3 is 25.6 Å². The van der Waals surface area contributed by atoms with Crippen molar-refractivity contribution in [2.45, 2.75) is 51.7 Å². The molecule has 214 valence electrons. The minimum Gasteiger partial charge on any atom is -0.497 e. The number of carbonyl (C=O) groups excluding carboxylic acids is 2.